The standard InChI is InChI=1S/C19H18OSi.Na.H/c1-20-21(18-12-10-14-6-2-4-8-16(14)18)19-13-11-15-7-3-5-9-17(15)19;;/h2-13,18-19,21H,1H3;;. The molecule has 0 N–H and O–H groups in total. The van der Waals surface area contributed by atoms with Gasteiger partial charge in [-0.05, 0) is 22.3 Å². The third kappa shape index (κ3) is 2.59. The molecule has 1 nitrogen and oxygen atoms in total. The van der Waals surface area contributed by atoms with Crippen molar-refractivity contribution in [3.63, 3.8) is 0 Å². The van der Waals surface area contributed by atoms with Gasteiger partial charge < -0.3 is 4.43 Å². The van der Waals surface area contributed by atoms with Crippen LogP contribution in [0.3, 0.4) is 0 Å². The van der Waals surface area contributed by atoms with Crippen LogP contribution >= 0.6 is 0 Å². The molecule has 0 aromatic heterocycles. The molecule has 0 heterocycles. The van der Waals surface area contributed by atoms with E-state index >= 15 is 0 Å². The quantitative estimate of drug-likeness (QED) is 0.789. The zero-order valence-corrected chi connectivity index (χ0v) is 13.2. The number of allylic oxidation sites excluding steroid dienone is 2. The fourth-order valence-electron chi connectivity index (χ4n) is 3.64. The molecule has 2 aromatic carbocycles. The minimum absolute atomic E-state index is 0. The van der Waals surface area contributed by atoms with Gasteiger partial charge in [-0.3, -0.25) is 0 Å². The average Bonchev–Trinajstić information content (AvgIpc) is 3.14. The minimum atomic E-state index is -1.47. The van der Waals surface area contributed by atoms with E-state index in [-0.39, 0.29) is 29.6 Å². The normalized spacial score (nSPS) is 22.0. The Balaban J connectivity index is 0.00000144. The van der Waals surface area contributed by atoms with Crippen molar-refractivity contribution >= 4 is 50.7 Å². The van der Waals surface area contributed by atoms with Crippen LogP contribution in [0, 0.1) is 0 Å². The maximum atomic E-state index is 6.07. The fourth-order valence-corrected chi connectivity index (χ4v) is 6.65. The first kappa shape index (κ1) is 16.0. The van der Waals surface area contributed by atoms with Gasteiger partial charge in [0.25, 0.3) is 0 Å². The molecule has 0 radical (unpaired) electrons. The molecule has 3 heteroatoms. The van der Waals surface area contributed by atoms with Crippen LogP contribution in [0.5, 0.6) is 0 Å². The molecule has 2 unspecified atom stereocenters. The van der Waals surface area contributed by atoms with Gasteiger partial charge in [-0.1, -0.05) is 72.8 Å². The Labute approximate surface area is 155 Å². The monoisotopic (exact) mass is 314 g/mol. The number of rotatable bonds is 3. The van der Waals surface area contributed by atoms with Gasteiger partial charge in [-0.15, -0.1) is 0 Å². The van der Waals surface area contributed by atoms with Crippen molar-refractivity contribution in [3.8, 4) is 0 Å². The van der Waals surface area contributed by atoms with Crippen molar-refractivity contribution in [1.82, 2.24) is 0 Å². The van der Waals surface area contributed by atoms with Crippen molar-refractivity contribution in [3.05, 3.63) is 82.9 Å². The zero-order chi connectivity index (χ0) is 14.2. The van der Waals surface area contributed by atoms with Crippen molar-refractivity contribution in [2.24, 2.45) is 0 Å². The van der Waals surface area contributed by atoms with E-state index in [1.165, 1.54) is 22.3 Å². The third-order valence-corrected chi connectivity index (χ3v) is 7.78. The van der Waals surface area contributed by atoms with Crippen molar-refractivity contribution in [1.29, 1.82) is 0 Å². The topological polar surface area (TPSA) is 9.23 Å². The van der Waals surface area contributed by atoms with Crippen LogP contribution in [0.4, 0.5) is 0 Å². The first-order valence-electron chi connectivity index (χ1n) is 7.45. The number of hydrogen-bond acceptors (Lipinski definition) is 1. The molecule has 0 fully saturated rings. The van der Waals surface area contributed by atoms with Gasteiger partial charge in [-0.2, -0.15) is 0 Å². The second kappa shape index (κ2) is 6.69. The molecule has 0 spiro atoms. The molecule has 0 saturated carbocycles. The van der Waals surface area contributed by atoms with Crippen LogP contribution < -0.4 is 0 Å². The summed E-state index contributed by atoms with van der Waals surface area (Å²) in [6.45, 7) is 0. The molecule has 2 aromatic rings. The molecular formula is C19H19NaOSi. The van der Waals surface area contributed by atoms with E-state index in [0.29, 0.717) is 11.1 Å². The molecule has 0 bridgehead atoms. The van der Waals surface area contributed by atoms with E-state index in [1.54, 1.807) is 0 Å². The first-order valence-corrected chi connectivity index (χ1v) is 9.26. The maximum absolute atomic E-state index is 6.07. The summed E-state index contributed by atoms with van der Waals surface area (Å²) in [5, 5.41) is 0. The van der Waals surface area contributed by atoms with Gasteiger partial charge in [0.15, 0.2) is 9.04 Å². The van der Waals surface area contributed by atoms with Gasteiger partial charge in [0, 0.05) is 18.2 Å². The number of benzene rings is 2. The summed E-state index contributed by atoms with van der Waals surface area (Å²) >= 11 is 0. The summed E-state index contributed by atoms with van der Waals surface area (Å²) in [5.41, 5.74) is 6.52. The van der Waals surface area contributed by atoms with Gasteiger partial charge in [0.05, 0.1) is 0 Å². The van der Waals surface area contributed by atoms with Crippen molar-refractivity contribution < 1.29 is 4.43 Å². The molecule has 0 saturated heterocycles. The molecule has 0 aliphatic heterocycles. The summed E-state index contributed by atoms with van der Waals surface area (Å²) in [6.07, 6.45) is 9.20. The third-order valence-electron chi connectivity index (χ3n) is 4.66. The van der Waals surface area contributed by atoms with Gasteiger partial charge in [-0.25, -0.2) is 0 Å². The van der Waals surface area contributed by atoms with Crippen molar-refractivity contribution in [2.45, 2.75) is 11.1 Å². The summed E-state index contributed by atoms with van der Waals surface area (Å²) < 4.78 is 6.07. The Morgan fingerprint density at radius 3 is 1.68 bits per heavy atom. The molecule has 22 heavy (non-hydrogen) atoms. The molecule has 2 atom stereocenters. The molecule has 2 aliphatic rings. The van der Waals surface area contributed by atoms with E-state index in [2.05, 4.69) is 72.8 Å². The predicted molar refractivity (Wildman–Crippen MR) is 97.7 cm³/mol. The predicted octanol–water partition coefficient (Wildman–Crippen LogP) is 3.41. The second-order valence-electron chi connectivity index (χ2n) is 5.73. The summed E-state index contributed by atoms with van der Waals surface area (Å²) in [5.74, 6) is 0. The van der Waals surface area contributed by atoms with Crippen LogP contribution in [0.1, 0.15) is 33.3 Å². The Kier molecular flexibility index (Phi) is 4.86. The fraction of sp³-hybridized carbons (Fsp3) is 0.158. The second-order valence-corrected chi connectivity index (χ2v) is 8.57. The van der Waals surface area contributed by atoms with Crippen LogP contribution in [-0.4, -0.2) is 45.7 Å². The van der Waals surface area contributed by atoms with Crippen LogP contribution in [-0.2, 0) is 4.43 Å². The van der Waals surface area contributed by atoms with E-state index in [9.17, 15) is 0 Å². The van der Waals surface area contributed by atoms with Crippen molar-refractivity contribution in [2.75, 3.05) is 7.11 Å². The average molecular weight is 314 g/mol. The Morgan fingerprint density at radius 2 is 1.23 bits per heavy atom. The van der Waals surface area contributed by atoms with Crippen LogP contribution in [0.25, 0.3) is 12.2 Å². The van der Waals surface area contributed by atoms with E-state index < -0.39 is 9.04 Å². The summed E-state index contributed by atoms with van der Waals surface area (Å²) in [6, 6.07) is 17.4. The first-order chi connectivity index (χ1) is 10.4. The molecule has 4 rings (SSSR count). The zero-order valence-electron chi connectivity index (χ0n) is 12.1. The van der Waals surface area contributed by atoms with E-state index in [1.807, 2.05) is 7.11 Å². The summed E-state index contributed by atoms with van der Waals surface area (Å²) in [7, 11) is 0.424. The van der Waals surface area contributed by atoms with E-state index in [4.69, 9.17) is 4.43 Å². The number of hydrogen-bond donors (Lipinski definition) is 0. The Morgan fingerprint density at radius 1 is 0.773 bits per heavy atom. The van der Waals surface area contributed by atoms with Crippen LogP contribution in [0.2, 0.25) is 0 Å². The molecular weight excluding hydrogens is 295 g/mol. The molecule has 0 amide bonds. The van der Waals surface area contributed by atoms with Gasteiger partial charge in [0.1, 0.15) is 0 Å². The molecule has 106 valence electrons. The summed E-state index contributed by atoms with van der Waals surface area (Å²) in [4.78, 5) is 0. The Hall–Kier alpha value is -0.903. The number of fused-ring (bicyclic) bond motifs is 2. The molecule has 2 aliphatic carbocycles. The van der Waals surface area contributed by atoms with Crippen LogP contribution in [0.15, 0.2) is 60.7 Å². The van der Waals surface area contributed by atoms with Gasteiger partial charge in [0.2, 0.25) is 0 Å². The van der Waals surface area contributed by atoms with E-state index in [0.717, 1.165) is 0 Å². The Bertz CT molecular complexity index is 676. The van der Waals surface area contributed by atoms with Gasteiger partial charge >= 0.3 is 29.6 Å². The SMILES string of the molecule is CO[SiH](C1C=Cc2ccccc21)C1C=Cc2ccccc21.[NaH].